The summed E-state index contributed by atoms with van der Waals surface area (Å²) in [7, 11) is 1.28. The predicted molar refractivity (Wildman–Crippen MR) is 148 cm³/mol. The van der Waals surface area contributed by atoms with Gasteiger partial charge in [0.05, 0.1) is 12.7 Å². The zero-order valence-corrected chi connectivity index (χ0v) is 24.2. The molecule has 0 bridgehead atoms. The monoisotopic (exact) mass is 642 g/mol. The Labute approximate surface area is 238 Å². The number of aliphatic hydroxyl groups is 1. The summed E-state index contributed by atoms with van der Waals surface area (Å²) in [4.78, 5) is 48.4. The maximum Gasteiger partial charge on any atom is 0.337 e. The van der Waals surface area contributed by atoms with Gasteiger partial charge in [0.2, 0.25) is 0 Å². The van der Waals surface area contributed by atoms with Crippen molar-refractivity contribution in [2.45, 2.75) is 57.8 Å². The molecule has 0 aromatic heterocycles. The van der Waals surface area contributed by atoms with Gasteiger partial charge in [-0.2, -0.15) is 0 Å². The Morgan fingerprint density at radius 2 is 1.29 bits per heavy atom. The second kappa shape index (κ2) is 10.2. The number of hydrogen-bond acceptors (Lipinski definition) is 6. The van der Waals surface area contributed by atoms with Crippen molar-refractivity contribution in [3.8, 4) is 0 Å². The lowest BCUT2D eigenvalue weighted by molar-refractivity contribution is -0.137. The summed E-state index contributed by atoms with van der Waals surface area (Å²) in [5.41, 5.74) is 3.09. The number of halogens is 2. The highest BCUT2D eigenvalue weighted by molar-refractivity contribution is 9.10. The minimum atomic E-state index is -0.612. The van der Waals surface area contributed by atoms with Crippen LogP contribution in [0.5, 0.6) is 0 Å². The third-order valence-corrected chi connectivity index (χ3v) is 9.54. The molecule has 1 unspecified atom stereocenters. The average molecular weight is 644 g/mol. The first-order valence-corrected chi connectivity index (χ1v) is 14.3. The van der Waals surface area contributed by atoms with Gasteiger partial charge in [0.25, 0.3) is 0 Å². The number of esters is 1. The lowest BCUT2D eigenvalue weighted by Gasteiger charge is -2.32. The number of Topliss-reactive ketones (excluding diaryl/α,β-unsaturated/α-hetero) is 3. The van der Waals surface area contributed by atoms with Gasteiger partial charge in [-0.25, -0.2) is 4.79 Å². The van der Waals surface area contributed by atoms with Gasteiger partial charge in [-0.15, -0.1) is 0 Å². The Morgan fingerprint density at radius 3 is 1.84 bits per heavy atom. The van der Waals surface area contributed by atoms with Crippen molar-refractivity contribution in [2.24, 2.45) is 10.8 Å². The lowest BCUT2D eigenvalue weighted by atomic mass is 9.70. The van der Waals surface area contributed by atoms with Gasteiger partial charge in [0.1, 0.15) is 11.5 Å². The van der Waals surface area contributed by atoms with Crippen LogP contribution < -0.4 is 0 Å². The lowest BCUT2D eigenvalue weighted by Crippen LogP contribution is -2.33. The number of fused-ring (bicyclic) bond motifs is 2. The van der Waals surface area contributed by atoms with Crippen molar-refractivity contribution in [2.75, 3.05) is 7.11 Å². The predicted octanol–water partition coefficient (Wildman–Crippen LogP) is 6.66. The first-order valence-electron chi connectivity index (χ1n) is 12.7. The van der Waals surface area contributed by atoms with Gasteiger partial charge < -0.3 is 9.84 Å². The maximum atomic E-state index is 12.8. The number of ether oxygens (including phenoxy) is 1. The number of benzene rings is 2. The van der Waals surface area contributed by atoms with E-state index in [0.717, 1.165) is 50.5 Å². The van der Waals surface area contributed by atoms with E-state index in [4.69, 9.17) is 4.74 Å². The number of hydrogen-bond donors (Lipinski definition) is 1. The maximum absolute atomic E-state index is 12.8. The molecule has 0 radical (unpaired) electrons. The van der Waals surface area contributed by atoms with Crippen LogP contribution in [0.25, 0.3) is 0 Å². The summed E-state index contributed by atoms with van der Waals surface area (Å²) >= 11 is 6.79. The first-order chi connectivity index (χ1) is 18.1. The van der Waals surface area contributed by atoms with Crippen molar-refractivity contribution in [1.82, 2.24) is 0 Å². The Kier molecular flexibility index (Phi) is 7.24. The number of allylic oxidation sites excluding steroid dienone is 1. The van der Waals surface area contributed by atoms with Crippen LogP contribution in [0.4, 0.5) is 0 Å². The van der Waals surface area contributed by atoms with Gasteiger partial charge in [-0.1, -0.05) is 44.0 Å². The highest BCUT2D eigenvalue weighted by Gasteiger charge is 2.49. The van der Waals surface area contributed by atoms with Crippen LogP contribution in [0.15, 0.2) is 56.7 Å². The second-order valence-corrected chi connectivity index (χ2v) is 12.6. The molecule has 1 atom stereocenters. The summed E-state index contributed by atoms with van der Waals surface area (Å²) in [5.74, 6) is 0.128. The molecular formula is C30H28Br2O6. The van der Waals surface area contributed by atoms with E-state index in [1.807, 2.05) is 36.4 Å². The van der Waals surface area contributed by atoms with Gasteiger partial charge in [-0.05, 0) is 73.9 Å². The molecule has 2 aromatic carbocycles. The van der Waals surface area contributed by atoms with Crippen LogP contribution in [-0.2, 0) is 27.2 Å². The molecule has 0 aliphatic heterocycles. The summed E-state index contributed by atoms with van der Waals surface area (Å²) in [6.07, 6.45) is 5.19. The standard InChI is InChI=1S/C16H15BrO4.C14H13BrO2/c1-21-15(20)12-8-16(5-4-13(12)18)7-9-2-3-10(17)6-11(9)14(16)19;15-10-2-1-9-8-14(13(17)12(9)7-10)5-3-11(16)4-6-14/h2-3,6,18H,4-5,7-8H2,1H3;1-2,7H,3-6,8H2. The number of aliphatic hydroxyl groups excluding tert-OH is 1. The Balaban J connectivity index is 0.000000158. The summed E-state index contributed by atoms with van der Waals surface area (Å²) in [5, 5.41) is 9.92. The third kappa shape index (κ3) is 4.70. The Morgan fingerprint density at radius 1 is 0.789 bits per heavy atom. The molecule has 4 aliphatic carbocycles. The molecule has 2 aromatic rings. The van der Waals surface area contributed by atoms with E-state index >= 15 is 0 Å². The molecule has 8 heteroatoms. The number of methoxy groups -OCH3 is 1. The molecule has 38 heavy (non-hydrogen) atoms. The van der Waals surface area contributed by atoms with Crippen LogP contribution in [0.2, 0.25) is 0 Å². The fourth-order valence-corrected chi connectivity index (χ4v) is 7.12. The average Bonchev–Trinajstić information content (AvgIpc) is 3.33. The smallest absolute Gasteiger partial charge is 0.337 e. The fraction of sp³-hybridized carbons (Fsp3) is 0.400. The van der Waals surface area contributed by atoms with E-state index in [0.29, 0.717) is 37.9 Å². The molecular weight excluding hydrogens is 616 g/mol. The number of carbonyl (C=O) groups excluding carboxylic acids is 4. The largest absolute Gasteiger partial charge is 0.512 e. The Bertz CT molecular complexity index is 1400. The molecule has 6 nitrogen and oxygen atoms in total. The highest BCUT2D eigenvalue weighted by Crippen LogP contribution is 2.49. The van der Waals surface area contributed by atoms with Crippen molar-refractivity contribution in [3.63, 3.8) is 0 Å². The van der Waals surface area contributed by atoms with Gasteiger partial charge in [-0.3, -0.25) is 14.4 Å². The highest BCUT2D eigenvalue weighted by atomic mass is 79.9. The summed E-state index contributed by atoms with van der Waals surface area (Å²) in [6.45, 7) is 0. The van der Waals surface area contributed by atoms with E-state index in [2.05, 4.69) is 31.9 Å². The third-order valence-electron chi connectivity index (χ3n) is 8.55. The van der Waals surface area contributed by atoms with Crippen LogP contribution in [0, 0.1) is 10.8 Å². The number of rotatable bonds is 1. The molecule has 1 fully saturated rings. The van der Waals surface area contributed by atoms with Crippen molar-refractivity contribution < 1.29 is 29.0 Å². The van der Waals surface area contributed by atoms with Crippen molar-refractivity contribution in [1.29, 1.82) is 0 Å². The van der Waals surface area contributed by atoms with E-state index in [9.17, 15) is 24.3 Å². The Hall–Kier alpha value is -2.58. The van der Waals surface area contributed by atoms with Gasteiger partial charge in [0.15, 0.2) is 11.6 Å². The topological polar surface area (TPSA) is 97.7 Å². The molecule has 0 amide bonds. The minimum absolute atomic E-state index is 0.0532. The van der Waals surface area contributed by atoms with Gasteiger partial charge >= 0.3 is 5.97 Å². The zero-order valence-electron chi connectivity index (χ0n) is 21.1. The molecule has 1 N–H and O–H groups in total. The van der Waals surface area contributed by atoms with E-state index < -0.39 is 11.4 Å². The van der Waals surface area contributed by atoms with Crippen molar-refractivity contribution >= 4 is 55.2 Å². The van der Waals surface area contributed by atoms with Gasteiger partial charge in [0, 0.05) is 50.2 Å². The quantitative estimate of drug-likeness (QED) is 0.349. The molecule has 1 saturated carbocycles. The number of ketones is 3. The number of carbonyl (C=O) groups is 4. The molecule has 0 heterocycles. The minimum Gasteiger partial charge on any atom is -0.512 e. The van der Waals surface area contributed by atoms with E-state index in [1.165, 1.54) is 7.11 Å². The van der Waals surface area contributed by atoms with E-state index in [-0.39, 0.29) is 34.7 Å². The summed E-state index contributed by atoms with van der Waals surface area (Å²) < 4.78 is 6.54. The van der Waals surface area contributed by atoms with E-state index in [1.54, 1.807) is 0 Å². The normalized spacial score (nSPS) is 23.3. The van der Waals surface area contributed by atoms with Crippen LogP contribution in [0.3, 0.4) is 0 Å². The molecule has 6 rings (SSSR count). The molecule has 4 aliphatic rings. The first kappa shape index (κ1) is 27.0. The SMILES string of the molecule is COC(=O)C1=C(O)CCC2(C1)Cc1ccc(Br)cc1C2=O.O=C1CCC2(CC1)Cc1ccc(Br)cc1C2=O. The zero-order chi connectivity index (χ0) is 27.2. The van der Waals surface area contributed by atoms with Crippen LogP contribution in [-0.4, -0.2) is 35.5 Å². The molecule has 198 valence electrons. The van der Waals surface area contributed by atoms with Crippen LogP contribution >= 0.6 is 31.9 Å². The second-order valence-electron chi connectivity index (χ2n) is 10.8. The molecule has 0 saturated heterocycles. The fourth-order valence-electron chi connectivity index (χ4n) is 6.40. The summed E-state index contributed by atoms with van der Waals surface area (Å²) in [6, 6.07) is 11.6. The molecule has 2 spiro atoms. The van der Waals surface area contributed by atoms with Crippen molar-refractivity contribution in [3.05, 3.63) is 78.9 Å². The van der Waals surface area contributed by atoms with Crippen LogP contribution in [0.1, 0.15) is 76.8 Å².